The van der Waals surface area contributed by atoms with E-state index in [4.69, 9.17) is 75.6 Å². The van der Waals surface area contributed by atoms with E-state index >= 15 is 0 Å². The molecule has 4 rings (SSSR count). The second kappa shape index (κ2) is 63.8. The summed E-state index contributed by atoms with van der Waals surface area (Å²) in [7, 11) is -3.10. The molecular formula is C85H146N9O35P. The van der Waals surface area contributed by atoms with Crippen molar-refractivity contribution in [2.24, 2.45) is 17.8 Å². The summed E-state index contributed by atoms with van der Waals surface area (Å²) < 4.78 is 109. The van der Waals surface area contributed by atoms with Crippen molar-refractivity contribution in [1.29, 1.82) is 0 Å². The zero-order valence-corrected chi connectivity index (χ0v) is 78.7. The Morgan fingerprint density at radius 1 is 0.408 bits per heavy atom. The first-order valence-electron chi connectivity index (χ1n) is 44.8. The van der Waals surface area contributed by atoms with Gasteiger partial charge in [-0.15, -0.1) is 0 Å². The average Bonchev–Trinajstić information content (AvgIpc) is 0.879. The van der Waals surface area contributed by atoms with Gasteiger partial charge in [-0.2, -0.15) is 0 Å². The van der Waals surface area contributed by atoms with Crippen LogP contribution in [0.3, 0.4) is 0 Å². The number of amides is 9. The fourth-order valence-electron chi connectivity index (χ4n) is 14.9. The number of nitrogens with zero attached hydrogens (tertiary/aromatic N) is 1. The minimum Gasteiger partial charge on any atom is -0.463 e. The van der Waals surface area contributed by atoms with Crippen molar-refractivity contribution in [3.63, 3.8) is 0 Å². The average molecular weight is 1890 g/mol. The molecule has 17 unspecified atom stereocenters. The number of hydrogen-bond donors (Lipinski definition) is 9. The molecule has 44 nitrogen and oxygen atoms in total. The lowest BCUT2D eigenvalue weighted by Crippen LogP contribution is -2.63. The van der Waals surface area contributed by atoms with Gasteiger partial charge in [0.05, 0.1) is 46.2 Å². The van der Waals surface area contributed by atoms with Crippen LogP contribution in [-0.2, 0) is 157 Å². The molecule has 0 aromatic rings. The molecule has 130 heavy (non-hydrogen) atoms. The molecule has 746 valence electrons. The van der Waals surface area contributed by atoms with Crippen molar-refractivity contribution < 1.29 is 167 Å². The maximum absolute atomic E-state index is 14.9. The van der Waals surface area contributed by atoms with E-state index in [1.54, 1.807) is 20.8 Å². The van der Waals surface area contributed by atoms with E-state index in [1.807, 2.05) is 0 Å². The van der Waals surface area contributed by atoms with Gasteiger partial charge in [0.2, 0.25) is 53.2 Å². The first kappa shape index (κ1) is 116. The number of rotatable bonds is 64. The number of unbranched alkanes of at least 4 members (excludes halogenated alkanes) is 10. The number of phosphoric ester groups is 1. The molecule has 4 aliphatic rings. The second-order valence-electron chi connectivity index (χ2n) is 32.7. The molecule has 0 saturated carbocycles. The quantitative estimate of drug-likeness (QED) is 0.0182. The molecule has 4 heterocycles. The van der Waals surface area contributed by atoms with E-state index in [-0.39, 0.29) is 179 Å². The monoisotopic (exact) mass is 1880 g/mol. The molecule has 0 spiro atoms. The predicted molar refractivity (Wildman–Crippen MR) is 460 cm³/mol. The standard InChI is InChI=1S/C85H144N9O34P.H2O/c1-54-67(48-119-60(7)98)126-82(75(90-57(4)95)78(54)123-63(10)101)116-41-24-17-14-20-36-87-71(105)33-45-113-51-85(93-81(109)66-30-29-40-94(66)74(108)32-28-31-70(104)86-39-23-27-44-122-129(110,111)112-13,52-114-46-34-72(106)88-37-21-15-18-25-42-117-83-76(91-58(5)96)79(124-64(11)102)55(2)68(127-83)49-120-61(8)99)53-115-47-35-73(107)89-38-22-16-19-26-43-118-84-77(92-59(6)97)80(125-65(12)103)56(3)69(128-84)50-121-62(9)100;/h54-56,66-69,75-80,82-84H,14-53H2,1-13H3,(H,86,104)(H,87,105)(H,88,106)(H,89,107)(H,90,95)(H,91,96)(H,92,97)(H,93,109)(H,110,111);1H2. The summed E-state index contributed by atoms with van der Waals surface area (Å²) in [6, 6.07) is -3.59. The Labute approximate surface area is 761 Å². The van der Waals surface area contributed by atoms with Crippen LogP contribution in [0.25, 0.3) is 0 Å². The van der Waals surface area contributed by atoms with E-state index in [1.165, 1.54) is 67.2 Å². The van der Waals surface area contributed by atoms with E-state index in [2.05, 4.69) is 47.1 Å². The third-order valence-corrected chi connectivity index (χ3v) is 22.5. The van der Waals surface area contributed by atoms with E-state index < -0.39 is 170 Å². The first-order valence-corrected chi connectivity index (χ1v) is 46.3. The Hall–Kier alpha value is -8.24. The molecule has 4 aliphatic heterocycles. The van der Waals surface area contributed by atoms with Crippen LogP contribution < -0.4 is 42.5 Å². The SMILES string of the molecule is COP(=O)(O)OCCCCNC(=O)CCCC(=O)N1CCCC1C(=O)NC(COCCC(=O)NCCCCCCOC1OC(COC(C)=O)C(C)C(OC(C)=O)C1NC(C)=O)(COCCC(=O)NCCCCCCOC1OC(COC(C)=O)C(C)C(OC(C)=O)C1NC(C)=O)COCCC(=O)NCCCCCCOC1OC(COC(C)=O)C(C)C(OC(C)=O)C1NC(C)=O.O. The number of nitrogens with one attached hydrogen (secondary N) is 8. The van der Waals surface area contributed by atoms with E-state index in [0.717, 1.165) is 7.11 Å². The van der Waals surface area contributed by atoms with Crippen LogP contribution >= 0.6 is 7.82 Å². The molecular weight excluding hydrogens is 1740 g/mol. The maximum Gasteiger partial charge on any atom is 0.471 e. The highest BCUT2D eigenvalue weighted by Gasteiger charge is 2.51. The molecule has 11 N–H and O–H groups in total. The van der Waals surface area contributed by atoms with Gasteiger partial charge in [-0.3, -0.25) is 81.0 Å². The lowest BCUT2D eigenvalue weighted by Gasteiger charge is -2.44. The van der Waals surface area contributed by atoms with Gasteiger partial charge in [0.15, 0.2) is 18.9 Å². The lowest BCUT2D eigenvalue weighted by molar-refractivity contribution is -0.260. The Morgan fingerprint density at radius 2 is 0.723 bits per heavy atom. The van der Waals surface area contributed by atoms with Crippen molar-refractivity contribution in [1.82, 2.24) is 47.4 Å². The summed E-state index contributed by atoms with van der Waals surface area (Å²) in [6.07, 6.45) is 0.672. The van der Waals surface area contributed by atoms with Gasteiger partial charge in [0.25, 0.3) is 0 Å². The van der Waals surface area contributed by atoms with E-state index in [9.17, 15) is 81.4 Å². The number of carbonyl (C=O) groups is 15. The zero-order valence-electron chi connectivity index (χ0n) is 77.8. The third kappa shape index (κ3) is 46.9. The summed E-state index contributed by atoms with van der Waals surface area (Å²) in [5.41, 5.74) is -1.59. The van der Waals surface area contributed by atoms with Gasteiger partial charge in [0.1, 0.15) is 86.2 Å². The Bertz CT molecular complexity index is 3280. The maximum atomic E-state index is 14.9. The molecule has 0 bridgehead atoms. The third-order valence-electron chi connectivity index (χ3n) is 21.6. The topological polar surface area (TPSA) is 581 Å². The molecule has 9 amide bonds. The minimum atomic E-state index is -4.15. The van der Waals surface area contributed by atoms with Gasteiger partial charge in [0, 0.05) is 172 Å². The van der Waals surface area contributed by atoms with E-state index in [0.29, 0.717) is 116 Å². The van der Waals surface area contributed by atoms with Crippen LogP contribution in [0, 0.1) is 17.8 Å². The van der Waals surface area contributed by atoms with Gasteiger partial charge in [-0.1, -0.05) is 59.3 Å². The highest BCUT2D eigenvalue weighted by Crippen LogP contribution is 2.42. The number of likely N-dealkylation sites (tertiary alicyclic amines) is 1. The summed E-state index contributed by atoms with van der Waals surface area (Å²) in [6.45, 7) is 16.6. The predicted octanol–water partition coefficient (Wildman–Crippen LogP) is 2.22. The van der Waals surface area contributed by atoms with Crippen LogP contribution in [0.1, 0.15) is 224 Å². The fraction of sp³-hybridized carbons (Fsp3) is 0.824. The first-order chi connectivity index (χ1) is 61.3. The number of esters is 6. The van der Waals surface area contributed by atoms with Gasteiger partial charge < -0.3 is 129 Å². The van der Waals surface area contributed by atoms with Gasteiger partial charge in [-0.05, 0) is 70.6 Å². The van der Waals surface area contributed by atoms with Crippen LogP contribution in [0.15, 0.2) is 0 Å². The highest BCUT2D eigenvalue weighted by molar-refractivity contribution is 7.47. The smallest absolute Gasteiger partial charge is 0.463 e. The minimum absolute atomic E-state index is 0. The van der Waals surface area contributed by atoms with Crippen LogP contribution in [-0.4, -0.2) is 315 Å². The van der Waals surface area contributed by atoms with Crippen LogP contribution in [0.5, 0.6) is 0 Å². The van der Waals surface area contributed by atoms with Crippen molar-refractivity contribution >= 4 is 96.8 Å². The largest absolute Gasteiger partial charge is 0.471 e. The van der Waals surface area contributed by atoms with Crippen molar-refractivity contribution in [2.75, 3.05) is 126 Å². The molecule has 0 radical (unpaired) electrons. The normalized spacial score (nSPS) is 23.8. The molecule has 4 saturated heterocycles. The molecule has 45 heteroatoms. The summed E-state index contributed by atoms with van der Waals surface area (Å²) in [4.78, 5) is 202. The molecule has 4 fully saturated rings. The molecule has 0 aromatic heterocycles. The zero-order chi connectivity index (χ0) is 95.4. The number of carbonyl (C=O) groups excluding carboxylic acids is 15. The van der Waals surface area contributed by atoms with Crippen molar-refractivity contribution in [2.45, 2.75) is 310 Å². The van der Waals surface area contributed by atoms with Crippen LogP contribution in [0.2, 0.25) is 0 Å². The molecule has 0 aromatic carbocycles. The Kier molecular flexibility index (Phi) is 56.9. The van der Waals surface area contributed by atoms with Crippen LogP contribution in [0.4, 0.5) is 0 Å². The van der Waals surface area contributed by atoms with Crippen molar-refractivity contribution in [3.05, 3.63) is 0 Å². The fourth-order valence-corrected chi connectivity index (χ4v) is 15.4. The highest BCUT2D eigenvalue weighted by atomic mass is 31.2. The Morgan fingerprint density at radius 3 is 1.04 bits per heavy atom. The molecule has 0 aliphatic carbocycles. The lowest BCUT2D eigenvalue weighted by atomic mass is 9.89. The summed E-state index contributed by atoms with van der Waals surface area (Å²) in [5, 5.41) is 22.8. The summed E-state index contributed by atoms with van der Waals surface area (Å²) >= 11 is 0. The van der Waals surface area contributed by atoms with Gasteiger partial charge >= 0.3 is 43.6 Å². The number of hydrogen-bond acceptors (Lipinski definition) is 33. The van der Waals surface area contributed by atoms with Crippen molar-refractivity contribution in [3.8, 4) is 0 Å². The Balaban J connectivity index is 0.0000436. The molecule has 17 atom stereocenters. The number of phosphoric acid groups is 1. The second-order valence-corrected chi connectivity index (χ2v) is 34.3. The number of ether oxygens (including phenoxy) is 15. The summed E-state index contributed by atoms with van der Waals surface area (Å²) in [5.74, 6) is -8.42. The van der Waals surface area contributed by atoms with Gasteiger partial charge in [-0.25, -0.2) is 4.57 Å².